The van der Waals surface area contributed by atoms with E-state index in [9.17, 15) is 4.79 Å². The molecule has 0 aliphatic carbocycles. The van der Waals surface area contributed by atoms with Crippen molar-refractivity contribution in [3.63, 3.8) is 0 Å². The second kappa shape index (κ2) is 9.19. The largest absolute Gasteiger partial charge is 0.376 e. The minimum atomic E-state index is 0.00923. The molecule has 1 aromatic heterocycles. The van der Waals surface area contributed by atoms with Crippen molar-refractivity contribution in [2.45, 2.75) is 50.4 Å². The molecule has 2 aromatic rings. The Kier molecular flexibility index (Phi) is 6.68. The Morgan fingerprint density at radius 1 is 1.38 bits per heavy atom. The molecule has 0 spiro atoms. The lowest BCUT2D eigenvalue weighted by atomic mass is 10.2. The summed E-state index contributed by atoms with van der Waals surface area (Å²) >= 11 is 1.36. The predicted octanol–water partition coefficient (Wildman–Crippen LogP) is 3.23. The van der Waals surface area contributed by atoms with Gasteiger partial charge in [-0.15, -0.1) is 0 Å². The Morgan fingerprint density at radius 3 is 3.00 bits per heavy atom. The maximum absolute atomic E-state index is 12.0. The van der Waals surface area contributed by atoms with Crippen molar-refractivity contribution >= 4 is 34.4 Å². The molecule has 140 valence electrons. The minimum absolute atomic E-state index is 0.00923. The molecule has 2 heterocycles. The lowest BCUT2D eigenvalue weighted by Gasteiger charge is -2.14. The fourth-order valence-corrected chi connectivity index (χ4v) is 3.48. The van der Waals surface area contributed by atoms with Gasteiger partial charge in [-0.1, -0.05) is 30.8 Å². The summed E-state index contributed by atoms with van der Waals surface area (Å²) in [5.41, 5.74) is 0.877. The highest BCUT2D eigenvalue weighted by Gasteiger charge is 2.16. The van der Waals surface area contributed by atoms with Gasteiger partial charge in [0.1, 0.15) is 5.82 Å². The van der Waals surface area contributed by atoms with Crippen molar-refractivity contribution in [1.29, 1.82) is 0 Å². The van der Waals surface area contributed by atoms with E-state index in [1.807, 2.05) is 31.2 Å². The van der Waals surface area contributed by atoms with Crippen LogP contribution in [0.5, 0.6) is 0 Å². The van der Waals surface area contributed by atoms with Gasteiger partial charge in [-0.2, -0.15) is 0 Å². The van der Waals surface area contributed by atoms with Crippen molar-refractivity contribution in [2.24, 2.45) is 0 Å². The maximum Gasteiger partial charge on any atom is 0.230 e. The van der Waals surface area contributed by atoms with E-state index in [0.717, 1.165) is 49.1 Å². The molecule has 1 amide bonds. The summed E-state index contributed by atoms with van der Waals surface area (Å²) < 4.78 is 5.68. The van der Waals surface area contributed by atoms with E-state index in [-0.39, 0.29) is 18.1 Å². The van der Waals surface area contributed by atoms with E-state index < -0.39 is 0 Å². The van der Waals surface area contributed by atoms with Crippen LogP contribution in [0, 0.1) is 0 Å². The quantitative estimate of drug-likeness (QED) is 0.546. The van der Waals surface area contributed by atoms with Gasteiger partial charge in [-0.25, -0.2) is 9.97 Å². The molecule has 2 atom stereocenters. The van der Waals surface area contributed by atoms with Gasteiger partial charge in [0.05, 0.1) is 17.4 Å². The van der Waals surface area contributed by atoms with E-state index in [1.165, 1.54) is 11.8 Å². The van der Waals surface area contributed by atoms with Crippen LogP contribution in [0.1, 0.15) is 33.1 Å². The number of amides is 1. The average molecular weight is 375 g/mol. The highest BCUT2D eigenvalue weighted by atomic mass is 32.2. The van der Waals surface area contributed by atoms with E-state index in [1.54, 1.807) is 0 Å². The summed E-state index contributed by atoms with van der Waals surface area (Å²) in [7, 11) is 0. The third-order valence-corrected chi connectivity index (χ3v) is 5.30. The van der Waals surface area contributed by atoms with Crippen LogP contribution in [-0.2, 0) is 9.53 Å². The van der Waals surface area contributed by atoms with Crippen LogP contribution in [0.3, 0.4) is 0 Å². The van der Waals surface area contributed by atoms with E-state index in [4.69, 9.17) is 4.74 Å². The van der Waals surface area contributed by atoms with E-state index in [0.29, 0.717) is 10.9 Å². The highest BCUT2D eigenvalue weighted by Crippen LogP contribution is 2.25. The first kappa shape index (κ1) is 18.9. The molecule has 2 N–H and O–H groups in total. The number of nitrogens with one attached hydrogen (secondary N) is 2. The second-order valence-electron chi connectivity index (χ2n) is 6.55. The molecule has 1 saturated heterocycles. The zero-order chi connectivity index (χ0) is 18.4. The average Bonchev–Trinajstić information content (AvgIpc) is 3.18. The van der Waals surface area contributed by atoms with Crippen LogP contribution in [0.2, 0.25) is 0 Å². The number of carbonyl (C=O) groups is 1. The number of thioether (sulfide) groups is 1. The molecule has 3 rings (SSSR count). The number of ether oxygens (including phenoxy) is 1. The zero-order valence-electron chi connectivity index (χ0n) is 15.3. The van der Waals surface area contributed by atoms with Crippen LogP contribution in [0.15, 0.2) is 29.4 Å². The molecule has 0 radical (unpaired) electrons. The van der Waals surface area contributed by atoms with Gasteiger partial charge in [0.25, 0.3) is 0 Å². The molecule has 1 aliphatic heterocycles. The standard InChI is InChI=1S/C19H26N4O2S/c1-3-13(2)21-17(24)12-26-19-22-16-9-5-4-8-15(16)18(23-19)20-11-14-7-6-10-25-14/h4-5,8-9,13-14H,3,6-7,10-12H2,1-2H3,(H,21,24)(H,20,22,23)/t13-,14-/m0/s1. The van der Waals surface area contributed by atoms with Crippen LogP contribution in [0.25, 0.3) is 10.9 Å². The summed E-state index contributed by atoms with van der Waals surface area (Å²) in [5.74, 6) is 1.12. The summed E-state index contributed by atoms with van der Waals surface area (Å²) in [6, 6.07) is 8.11. The van der Waals surface area contributed by atoms with E-state index >= 15 is 0 Å². The Balaban J connectivity index is 1.70. The second-order valence-corrected chi connectivity index (χ2v) is 7.50. The number of aromatic nitrogens is 2. The van der Waals surface area contributed by atoms with Gasteiger partial charge >= 0.3 is 0 Å². The maximum atomic E-state index is 12.0. The van der Waals surface area contributed by atoms with Crippen molar-refractivity contribution < 1.29 is 9.53 Å². The Labute approximate surface area is 158 Å². The lowest BCUT2D eigenvalue weighted by Crippen LogP contribution is -2.33. The number of nitrogens with zero attached hydrogens (tertiary/aromatic N) is 2. The van der Waals surface area contributed by atoms with Crippen LogP contribution in [-0.4, -0.2) is 46.9 Å². The fraction of sp³-hybridized carbons (Fsp3) is 0.526. The summed E-state index contributed by atoms with van der Waals surface area (Å²) in [6.45, 7) is 5.63. The van der Waals surface area contributed by atoms with Crippen LogP contribution >= 0.6 is 11.8 Å². The first-order valence-corrected chi connectivity index (χ1v) is 10.2. The van der Waals surface area contributed by atoms with Gasteiger partial charge in [-0.05, 0) is 38.3 Å². The third kappa shape index (κ3) is 5.08. The first-order chi connectivity index (χ1) is 12.7. The third-order valence-electron chi connectivity index (χ3n) is 4.46. The predicted molar refractivity (Wildman–Crippen MR) is 106 cm³/mol. The smallest absolute Gasteiger partial charge is 0.230 e. The topological polar surface area (TPSA) is 76.1 Å². The number of hydrogen-bond donors (Lipinski definition) is 2. The zero-order valence-corrected chi connectivity index (χ0v) is 16.1. The number of anilines is 1. The molecular weight excluding hydrogens is 348 g/mol. The van der Waals surface area contributed by atoms with Crippen LogP contribution in [0.4, 0.5) is 5.82 Å². The van der Waals surface area contributed by atoms with Crippen molar-refractivity contribution in [2.75, 3.05) is 24.2 Å². The fourth-order valence-electron chi connectivity index (χ4n) is 2.82. The SMILES string of the molecule is CC[C@H](C)NC(=O)CSc1nc(NC[C@@H]2CCCO2)c2ccccc2n1. The lowest BCUT2D eigenvalue weighted by molar-refractivity contribution is -0.119. The molecular formula is C19H26N4O2S. The van der Waals surface area contributed by atoms with Crippen LogP contribution < -0.4 is 10.6 Å². The van der Waals surface area contributed by atoms with Gasteiger partial charge in [0, 0.05) is 24.6 Å². The minimum Gasteiger partial charge on any atom is -0.376 e. The van der Waals surface area contributed by atoms with Crippen molar-refractivity contribution in [3.8, 4) is 0 Å². The van der Waals surface area contributed by atoms with Gasteiger partial charge in [0.15, 0.2) is 5.16 Å². The molecule has 26 heavy (non-hydrogen) atoms. The van der Waals surface area contributed by atoms with Crippen molar-refractivity contribution in [1.82, 2.24) is 15.3 Å². The molecule has 0 saturated carbocycles. The molecule has 0 bridgehead atoms. The normalized spacial score (nSPS) is 18.0. The summed E-state index contributed by atoms with van der Waals surface area (Å²) in [4.78, 5) is 21.2. The number of benzene rings is 1. The molecule has 1 fully saturated rings. The molecule has 6 nitrogen and oxygen atoms in total. The number of fused-ring (bicyclic) bond motifs is 1. The number of hydrogen-bond acceptors (Lipinski definition) is 6. The summed E-state index contributed by atoms with van der Waals surface area (Å²) in [6.07, 6.45) is 3.35. The van der Waals surface area contributed by atoms with Gasteiger partial charge in [0.2, 0.25) is 5.91 Å². The highest BCUT2D eigenvalue weighted by molar-refractivity contribution is 7.99. The summed E-state index contributed by atoms with van der Waals surface area (Å²) in [5, 5.41) is 7.97. The first-order valence-electron chi connectivity index (χ1n) is 9.20. The molecule has 0 unspecified atom stereocenters. The monoisotopic (exact) mass is 374 g/mol. The molecule has 1 aliphatic rings. The van der Waals surface area contributed by atoms with Gasteiger partial charge in [-0.3, -0.25) is 4.79 Å². The van der Waals surface area contributed by atoms with Crippen molar-refractivity contribution in [3.05, 3.63) is 24.3 Å². The number of para-hydroxylation sites is 1. The Hall–Kier alpha value is -1.86. The Morgan fingerprint density at radius 2 is 2.23 bits per heavy atom. The number of rotatable bonds is 8. The molecule has 7 heteroatoms. The van der Waals surface area contributed by atoms with Gasteiger partial charge < -0.3 is 15.4 Å². The Bertz CT molecular complexity index is 749. The van der Waals surface area contributed by atoms with E-state index in [2.05, 4.69) is 27.5 Å². The number of carbonyl (C=O) groups excluding carboxylic acids is 1. The molecule has 1 aromatic carbocycles.